The Morgan fingerprint density at radius 2 is 2.14 bits per heavy atom. The number of nitrogens with zero attached hydrogens (tertiary/aromatic N) is 1. The van der Waals surface area contributed by atoms with Gasteiger partial charge in [0, 0.05) is 31.6 Å². The molecule has 3 N–H and O–H groups in total. The van der Waals surface area contributed by atoms with Gasteiger partial charge < -0.3 is 16.0 Å². The number of rotatable bonds is 10. The Kier molecular flexibility index (Phi) is 8.30. The number of hydrogen-bond acceptors (Lipinski definition) is 6. The molecule has 1 aromatic carbocycles. The Balaban J connectivity index is 2.28. The van der Waals surface area contributed by atoms with Gasteiger partial charge in [-0.1, -0.05) is 24.3 Å². The normalized spacial score (nSPS) is 11.2. The highest BCUT2D eigenvalue weighted by Crippen LogP contribution is 2.13. The van der Waals surface area contributed by atoms with E-state index in [0.717, 1.165) is 24.3 Å². The maximum Gasteiger partial charge on any atom is 0.274 e. The van der Waals surface area contributed by atoms with Crippen molar-refractivity contribution in [3.05, 3.63) is 57.5 Å². The van der Waals surface area contributed by atoms with E-state index >= 15 is 0 Å². The average molecular weight is 310 g/mol. The summed E-state index contributed by atoms with van der Waals surface area (Å²) in [4.78, 5) is 9.89. The van der Waals surface area contributed by atoms with E-state index < -0.39 is 4.92 Å². The lowest BCUT2D eigenvalue weighted by Crippen LogP contribution is -2.26. The topological polar surface area (TPSA) is 79.2 Å². The number of benzene rings is 1. The highest BCUT2D eigenvalue weighted by molar-refractivity contribution is 7.98. The lowest BCUT2D eigenvalue weighted by molar-refractivity contribution is -0.404. The van der Waals surface area contributed by atoms with Crippen LogP contribution in [0.15, 0.2) is 36.3 Å². The van der Waals surface area contributed by atoms with E-state index in [1.807, 2.05) is 7.05 Å². The molecular weight excluding hydrogens is 288 g/mol. The van der Waals surface area contributed by atoms with Gasteiger partial charge in [0.25, 0.3) is 6.20 Å². The summed E-state index contributed by atoms with van der Waals surface area (Å²) >= 11 is 1.80. The molecule has 1 rings (SSSR count). The molecule has 0 aliphatic heterocycles. The van der Waals surface area contributed by atoms with E-state index in [2.05, 4.69) is 40.2 Å². The van der Waals surface area contributed by atoms with Crippen molar-refractivity contribution in [3.8, 4) is 0 Å². The molecule has 0 unspecified atom stereocenters. The van der Waals surface area contributed by atoms with E-state index in [4.69, 9.17) is 0 Å². The van der Waals surface area contributed by atoms with Gasteiger partial charge in [0.15, 0.2) is 5.82 Å². The predicted molar refractivity (Wildman–Crippen MR) is 87.5 cm³/mol. The summed E-state index contributed by atoms with van der Waals surface area (Å²) in [5.74, 6) is 2.25. The predicted octanol–water partition coefficient (Wildman–Crippen LogP) is 1.52. The first-order chi connectivity index (χ1) is 10.2. The van der Waals surface area contributed by atoms with Gasteiger partial charge >= 0.3 is 0 Å². The molecular formula is C14H22N4O2S. The first-order valence-corrected chi connectivity index (χ1v) is 7.88. The number of nitrogens with one attached hydrogen (secondary N) is 3. The molecule has 7 heteroatoms. The van der Waals surface area contributed by atoms with Crippen molar-refractivity contribution in [1.29, 1.82) is 0 Å². The summed E-state index contributed by atoms with van der Waals surface area (Å²) in [6, 6.07) is 8.49. The zero-order valence-electron chi connectivity index (χ0n) is 12.4. The standard InChI is InChI=1S/C14H22N4O2S/c1-15-9-12-4-3-5-13(8-12)11-21-7-6-17-14(16-2)10-18(19)20/h3-5,8,10,15-17H,6-7,9,11H2,1-2H3. The zero-order chi connectivity index (χ0) is 15.5. The summed E-state index contributed by atoms with van der Waals surface area (Å²) in [6.07, 6.45) is 0.936. The Labute approximate surface area is 129 Å². The minimum atomic E-state index is -0.473. The van der Waals surface area contributed by atoms with Crippen molar-refractivity contribution >= 4 is 11.8 Å². The van der Waals surface area contributed by atoms with Crippen molar-refractivity contribution in [2.75, 3.05) is 26.4 Å². The van der Waals surface area contributed by atoms with Crippen LogP contribution in [0.1, 0.15) is 11.1 Å². The molecule has 0 radical (unpaired) electrons. The largest absolute Gasteiger partial charge is 0.370 e. The number of thioether (sulfide) groups is 1. The Morgan fingerprint density at radius 3 is 2.81 bits per heavy atom. The van der Waals surface area contributed by atoms with Gasteiger partial charge in [-0.3, -0.25) is 10.1 Å². The van der Waals surface area contributed by atoms with Crippen LogP contribution in [-0.4, -0.2) is 31.3 Å². The van der Waals surface area contributed by atoms with E-state index in [1.165, 1.54) is 11.1 Å². The lowest BCUT2D eigenvalue weighted by atomic mass is 10.1. The van der Waals surface area contributed by atoms with Gasteiger partial charge in [0.2, 0.25) is 0 Å². The quantitative estimate of drug-likeness (QED) is 0.345. The van der Waals surface area contributed by atoms with Crippen molar-refractivity contribution < 1.29 is 4.92 Å². The molecule has 0 saturated carbocycles. The maximum atomic E-state index is 10.4. The highest BCUT2D eigenvalue weighted by atomic mass is 32.2. The summed E-state index contributed by atoms with van der Waals surface area (Å²) in [7, 11) is 3.59. The van der Waals surface area contributed by atoms with Crippen molar-refractivity contribution in [2.45, 2.75) is 12.3 Å². The van der Waals surface area contributed by atoms with Gasteiger partial charge in [0.05, 0.1) is 4.92 Å². The smallest absolute Gasteiger partial charge is 0.274 e. The molecule has 1 aromatic rings. The van der Waals surface area contributed by atoms with Gasteiger partial charge in [-0.2, -0.15) is 11.8 Å². The summed E-state index contributed by atoms with van der Waals surface area (Å²) in [5, 5.41) is 19.3. The van der Waals surface area contributed by atoms with Crippen LogP contribution in [0.2, 0.25) is 0 Å². The average Bonchev–Trinajstić information content (AvgIpc) is 2.46. The molecule has 0 saturated heterocycles. The van der Waals surface area contributed by atoms with Gasteiger partial charge in [0.1, 0.15) is 0 Å². The molecule has 0 bridgehead atoms. The van der Waals surface area contributed by atoms with E-state index in [0.29, 0.717) is 12.4 Å². The molecule has 6 nitrogen and oxygen atoms in total. The van der Waals surface area contributed by atoms with Crippen LogP contribution in [0.3, 0.4) is 0 Å². The molecule has 21 heavy (non-hydrogen) atoms. The molecule has 0 atom stereocenters. The SMILES string of the molecule is CNCc1cccc(CSCCNC(=C[N+](=O)[O-])NC)c1. The van der Waals surface area contributed by atoms with Crippen molar-refractivity contribution in [2.24, 2.45) is 0 Å². The molecule has 0 aliphatic carbocycles. The lowest BCUT2D eigenvalue weighted by Gasteiger charge is -2.08. The number of nitro groups is 1. The second kappa shape index (κ2) is 10.1. The maximum absolute atomic E-state index is 10.4. The van der Waals surface area contributed by atoms with Crippen molar-refractivity contribution in [3.63, 3.8) is 0 Å². The number of hydrogen-bond donors (Lipinski definition) is 3. The Hall–Kier alpha value is -1.73. The first-order valence-electron chi connectivity index (χ1n) is 6.72. The van der Waals surface area contributed by atoms with Crippen molar-refractivity contribution in [1.82, 2.24) is 16.0 Å². The fourth-order valence-corrected chi connectivity index (χ4v) is 2.59. The first kappa shape index (κ1) is 17.3. The second-order valence-electron chi connectivity index (χ2n) is 4.41. The fraction of sp³-hybridized carbons (Fsp3) is 0.429. The van der Waals surface area contributed by atoms with E-state index in [1.54, 1.807) is 18.8 Å². The van der Waals surface area contributed by atoms with Gasteiger partial charge in [-0.15, -0.1) is 0 Å². The molecule has 0 aliphatic rings. The van der Waals surface area contributed by atoms with Crippen LogP contribution < -0.4 is 16.0 Å². The zero-order valence-corrected chi connectivity index (χ0v) is 13.2. The minimum Gasteiger partial charge on any atom is -0.370 e. The van der Waals surface area contributed by atoms with Crippen LogP contribution in [0.4, 0.5) is 0 Å². The summed E-state index contributed by atoms with van der Waals surface area (Å²) < 4.78 is 0. The third-order valence-electron chi connectivity index (χ3n) is 2.71. The summed E-state index contributed by atoms with van der Waals surface area (Å²) in [5.41, 5.74) is 2.57. The third-order valence-corrected chi connectivity index (χ3v) is 3.74. The molecule has 0 fully saturated rings. The van der Waals surface area contributed by atoms with Crippen LogP contribution >= 0.6 is 11.8 Å². The van der Waals surface area contributed by atoms with Crippen LogP contribution in [0.5, 0.6) is 0 Å². The van der Waals surface area contributed by atoms with Crippen LogP contribution in [0.25, 0.3) is 0 Å². The Bertz CT molecular complexity index is 480. The summed E-state index contributed by atoms with van der Waals surface area (Å²) in [6.45, 7) is 1.55. The van der Waals surface area contributed by atoms with Gasteiger partial charge in [-0.25, -0.2) is 0 Å². The molecule has 116 valence electrons. The highest BCUT2D eigenvalue weighted by Gasteiger charge is 2.00. The monoisotopic (exact) mass is 310 g/mol. The molecule has 0 amide bonds. The Morgan fingerprint density at radius 1 is 1.38 bits per heavy atom. The third kappa shape index (κ3) is 7.57. The minimum absolute atomic E-state index is 0.427. The fourth-order valence-electron chi connectivity index (χ4n) is 1.79. The molecule has 0 heterocycles. The molecule has 0 aromatic heterocycles. The van der Waals surface area contributed by atoms with E-state index in [9.17, 15) is 10.1 Å². The van der Waals surface area contributed by atoms with Crippen LogP contribution in [0, 0.1) is 10.1 Å². The van der Waals surface area contributed by atoms with Crippen LogP contribution in [-0.2, 0) is 12.3 Å². The molecule has 0 spiro atoms. The van der Waals surface area contributed by atoms with E-state index in [-0.39, 0.29) is 0 Å². The second-order valence-corrected chi connectivity index (χ2v) is 5.51. The van der Waals surface area contributed by atoms with Gasteiger partial charge in [-0.05, 0) is 18.2 Å².